The first-order valence-electron chi connectivity index (χ1n) is 14.2. The maximum Gasteiger partial charge on any atom is 0.240 e. The summed E-state index contributed by atoms with van der Waals surface area (Å²) in [4.78, 5) is 0.181. The average molecular weight is 652 g/mol. The van der Waals surface area contributed by atoms with Gasteiger partial charge in [-0.1, -0.05) is 65.7 Å². The Bertz CT molecular complexity index is 1920. The Morgan fingerprint density at radius 1 is 0.795 bits per heavy atom. The molecule has 0 unspecified atom stereocenters. The molecule has 5 aromatic rings. The summed E-state index contributed by atoms with van der Waals surface area (Å²) < 4.78 is 41.1. The van der Waals surface area contributed by atoms with E-state index in [0.717, 1.165) is 16.3 Å². The normalized spacial score (nSPS) is 11.5. The molecule has 44 heavy (non-hydrogen) atoms. The monoisotopic (exact) mass is 650 g/mol. The van der Waals surface area contributed by atoms with Gasteiger partial charge in [-0.2, -0.15) is 0 Å². The third-order valence-electron chi connectivity index (χ3n) is 6.93. The highest BCUT2D eigenvalue weighted by Gasteiger charge is 2.20. The van der Waals surface area contributed by atoms with Gasteiger partial charge in [0.2, 0.25) is 10.0 Å². The maximum atomic E-state index is 13.5. The average Bonchev–Trinajstić information content (AvgIpc) is 3.01. The molecule has 11 heteroatoms. The van der Waals surface area contributed by atoms with Gasteiger partial charge in [-0.05, 0) is 74.7 Å². The van der Waals surface area contributed by atoms with Crippen LogP contribution in [-0.4, -0.2) is 38.4 Å². The fourth-order valence-electron chi connectivity index (χ4n) is 4.82. The van der Waals surface area contributed by atoms with E-state index in [1.165, 1.54) is 0 Å². The molecule has 0 saturated heterocycles. The lowest BCUT2D eigenvalue weighted by Crippen LogP contribution is -2.26. The summed E-state index contributed by atoms with van der Waals surface area (Å²) in [5, 5.41) is 14.7. The maximum absolute atomic E-state index is 13.5. The molecule has 0 aliphatic carbocycles. The van der Waals surface area contributed by atoms with Crippen molar-refractivity contribution in [1.29, 1.82) is 0 Å². The van der Waals surface area contributed by atoms with Crippen LogP contribution in [0.25, 0.3) is 22.0 Å². The molecule has 1 aromatic heterocycles. The second kappa shape index (κ2) is 13.8. The summed E-state index contributed by atoms with van der Waals surface area (Å²) in [6, 6.07) is 23.8. The minimum atomic E-state index is -3.83. The van der Waals surface area contributed by atoms with E-state index in [4.69, 9.17) is 32.7 Å². The highest BCUT2D eigenvalue weighted by atomic mass is 35.5. The molecule has 0 spiro atoms. The molecule has 0 aliphatic heterocycles. The number of hydrogen-bond donors (Lipinski definition) is 2. The number of benzene rings is 4. The Balaban J connectivity index is 1.39. The van der Waals surface area contributed by atoms with Gasteiger partial charge in [0.1, 0.15) is 5.69 Å². The van der Waals surface area contributed by atoms with Gasteiger partial charge in [0.15, 0.2) is 17.3 Å². The number of halogens is 2. The molecule has 2 N–H and O–H groups in total. The quantitative estimate of drug-likeness (QED) is 0.141. The summed E-state index contributed by atoms with van der Waals surface area (Å²) in [6.07, 6.45) is 0.480. The van der Waals surface area contributed by atoms with Crippen molar-refractivity contribution in [2.24, 2.45) is 0 Å². The predicted molar refractivity (Wildman–Crippen MR) is 177 cm³/mol. The van der Waals surface area contributed by atoms with Crippen LogP contribution in [0, 0.1) is 6.92 Å². The predicted octanol–water partition coefficient (Wildman–Crippen LogP) is 7.97. The van der Waals surface area contributed by atoms with Crippen LogP contribution in [0.2, 0.25) is 10.0 Å². The molecule has 1 heterocycles. The number of fused-ring (bicyclic) bond motifs is 1. The van der Waals surface area contributed by atoms with Crippen LogP contribution in [0.1, 0.15) is 25.0 Å². The van der Waals surface area contributed by atoms with Gasteiger partial charge in [0.05, 0.1) is 28.2 Å². The number of aromatic nitrogens is 2. The minimum Gasteiger partial charge on any atom is -0.490 e. The fraction of sp³-hybridized carbons (Fsp3) is 0.212. The van der Waals surface area contributed by atoms with Gasteiger partial charge >= 0.3 is 0 Å². The third-order valence-corrected chi connectivity index (χ3v) is 9.28. The molecule has 0 radical (unpaired) electrons. The van der Waals surface area contributed by atoms with Gasteiger partial charge in [0, 0.05) is 28.6 Å². The van der Waals surface area contributed by atoms with E-state index in [9.17, 15) is 8.42 Å². The lowest BCUT2D eigenvalue weighted by atomic mass is 10.0. The zero-order chi connectivity index (χ0) is 31.3. The smallest absolute Gasteiger partial charge is 0.240 e. The number of anilines is 2. The fourth-order valence-corrected chi connectivity index (χ4v) is 6.41. The molecule has 4 aromatic carbocycles. The van der Waals surface area contributed by atoms with Crippen LogP contribution in [0.4, 0.5) is 11.5 Å². The number of hydrogen-bond acceptors (Lipinski definition) is 7. The Kier molecular flexibility index (Phi) is 9.90. The van der Waals surface area contributed by atoms with Gasteiger partial charge in [-0.15, -0.1) is 10.2 Å². The van der Waals surface area contributed by atoms with Gasteiger partial charge in [0.25, 0.3) is 0 Å². The first kappa shape index (κ1) is 31.5. The topological polar surface area (TPSA) is 102 Å². The van der Waals surface area contributed by atoms with E-state index in [0.29, 0.717) is 69.5 Å². The Hall–Kier alpha value is -3.89. The van der Waals surface area contributed by atoms with Crippen LogP contribution >= 0.6 is 23.2 Å². The summed E-state index contributed by atoms with van der Waals surface area (Å²) in [5.74, 6) is 1.84. The SMILES string of the molecule is CCOc1ccc(CCNS(=O)(=O)c2cc(-c3nnc(Nc4ccc(Cl)c(Cl)c4)c4ccccc34)ccc2C)cc1OCC. The molecule has 5 rings (SSSR count). The van der Waals surface area contributed by atoms with E-state index in [2.05, 4.69) is 20.2 Å². The van der Waals surface area contributed by atoms with E-state index in [-0.39, 0.29) is 11.4 Å². The van der Waals surface area contributed by atoms with E-state index >= 15 is 0 Å². The second-order valence-electron chi connectivity index (χ2n) is 9.97. The lowest BCUT2D eigenvalue weighted by molar-refractivity contribution is 0.287. The van der Waals surface area contributed by atoms with Gasteiger partial charge in [-0.3, -0.25) is 0 Å². The molecule has 0 fully saturated rings. The Labute approximate surface area is 267 Å². The van der Waals surface area contributed by atoms with Crippen molar-refractivity contribution in [1.82, 2.24) is 14.9 Å². The molecule has 0 saturated carbocycles. The number of aryl methyl sites for hydroxylation is 1. The molecular weight excluding hydrogens is 619 g/mol. The van der Waals surface area contributed by atoms with Crippen LogP contribution in [-0.2, 0) is 16.4 Å². The zero-order valence-electron chi connectivity index (χ0n) is 24.5. The molecule has 0 bridgehead atoms. The molecule has 0 aliphatic rings. The summed E-state index contributed by atoms with van der Waals surface area (Å²) in [5.41, 5.74) is 3.46. The van der Waals surface area contributed by atoms with E-state index in [1.807, 2.05) is 62.4 Å². The molecule has 0 amide bonds. The Morgan fingerprint density at radius 3 is 2.30 bits per heavy atom. The standard InChI is InChI=1S/C33H32Cl2N4O4S/c1-4-42-29-15-11-22(18-30(29)43-5-2)16-17-36-44(40,41)31-19-23(12-10-21(31)3)32-25-8-6-7-9-26(25)33(39-38-32)37-24-13-14-27(34)28(35)20-24/h6-15,18-20,36H,4-5,16-17H2,1-3H3,(H,37,39). The number of nitrogens with zero attached hydrogens (tertiary/aromatic N) is 2. The van der Waals surface area contributed by atoms with E-state index < -0.39 is 10.0 Å². The number of ether oxygens (including phenoxy) is 2. The zero-order valence-corrected chi connectivity index (χ0v) is 26.9. The van der Waals surface area contributed by atoms with Crippen molar-refractivity contribution in [3.63, 3.8) is 0 Å². The van der Waals surface area contributed by atoms with Crippen molar-refractivity contribution in [3.8, 4) is 22.8 Å². The highest BCUT2D eigenvalue weighted by molar-refractivity contribution is 7.89. The number of sulfonamides is 1. The molecular formula is C33H32Cl2N4O4S. The molecule has 8 nitrogen and oxygen atoms in total. The second-order valence-corrected chi connectivity index (χ2v) is 12.5. The molecule has 0 atom stereocenters. The first-order valence-corrected chi connectivity index (χ1v) is 16.4. The summed E-state index contributed by atoms with van der Waals surface area (Å²) in [6.45, 7) is 6.83. The lowest BCUT2D eigenvalue weighted by Gasteiger charge is -2.14. The Morgan fingerprint density at radius 2 is 1.55 bits per heavy atom. The van der Waals surface area contributed by atoms with E-state index in [1.54, 1.807) is 37.3 Å². The summed E-state index contributed by atoms with van der Waals surface area (Å²) in [7, 11) is -3.83. The first-order chi connectivity index (χ1) is 21.2. The van der Waals surface area contributed by atoms with Crippen molar-refractivity contribution in [2.45, 2.75) is 32.1 Å². The van der Waals surface area contributed by atoms with Crippen molar-refractivity contribution < 1.29 is 17.9 Å². The van der Waals surface area contributed by atoms with Crippen molar-refractivity contribution >= 4 is 55.5 Å². The van der Waals surface area contributed by atoms with Crippen LogP contribution < -0.4 is 19.5 Å². The third kappa shape index (κ3) is 7.08. The van der Waals surface area contributed by atoms with Crippen LogP contribution in [0.15, 0.2) is 83.8 Å². The largest absolute Gasteiger partial charge is 0.490 e. The molecule has 228 valence electrons. The number of rotatable bonds is 12. The van der Waals surface area contributed by atoms with Gasteiger partial charge < -0.3 is 14.8 Å². The van der Waals surface area contributed by atoms with Gasteiger partial charge in [-0.25, -0.2) is 13.1 Å². The van der Waals surface area contributed by atoms with Crippen LogP contribution in [0.5, 0.6) is 11.5 Å². The highest BCUT2D eigenvalue weighted by Crippen LogP contribution is 2.34. The summed E-state index contributed by atoms with van der Waals surface area (Å²) >= 11 is 12.3. The minimum absolute atomic E-state index is 0.181. The van der Waals surface area contributed by atoms with Crippen molar-refractivity contribution in [3.05, 3.63) is 100 Å². The van der Waals surface area contributed by atoms with Crippen molar-refractivity contribution in [2.75, 3.05) is 25.1 Å². The van der Waals surface area contributed by atoms with Crippen LogP contribution in [0.3, 0.4) is 0 Å². The number of nitrogens with one attached hydrogen (secondary N) is 2.